The van der Waals surface area contributed by atoms with E-state index in [2.05, 4.69) is 0 Å². The molecule has 0 saturated carbocycles. The van der Waals surface area contributed by atoms with E-state index < -0.39 is 17.7 Å². The van der Waals surface area contributed by atoms with Gasteiger partial charge in [0.25, 0.3) is 0 Å². The van der Waals surface area contributed by atoms with Crippen LogP contribution in [-0.4, -0.2) is 11.7 Å². The molecule has 0 spiro atoms. The molecular weight excluding hydrogens is 190 g/mol. The summed E-state index contributed by atoms with van der Waals surface area (Å²) in [7, 11) is 0. The molecule has 1 atom stereocenters. The normalized spacial score (nSPS) is 12.6. The zero-order chi connectivity index (χ0) is 10.7. The Morgan fingerprint density at radius 3 is 2.57 bits per heavy atom. The average Bonchev–Trinajstić information content (AvgIpc) is 2.12. The molecule has 1 rings (SSSR count). The molecule has 0 aliphatic rings. The third kappa shape index (κ3) is 2.20. The van der Waals surface area contributed by atoms with Gasteiger partial charge in [0.15, 0.2) is 11.6 Å². The molecule has 0 aliphatic heterocycles. The molecule has 0 heterocycles. The molecule has 0 amide bonds. The molecule has 2 nitrogen and oxygen atoms in total. The van der Waals surface area contributed by atoms with Gasteiger partial charge in [-0.3, -0.25) is 0 Å². The van der Waals surface area contributed by atoms with Crippen molar-refractivity contribution < 1.29 is 18.6 Å². The second-order valence-electron chi connectivity index (χ2n) is 2.92. The van der Waals surface area contributed by atoms with Crippen molar-refractivity contribution in [2.45, 2.75) is 20.0 Å². The van der Waals surface area contributed by atoms with Crippen molar-refractivity contribution in [3.8, 4) is 5.75 Å². The van der Waals surface area contributed by atoms with Crippen LogP contribution < -0.4 is 4.74 Å². The Hall–Kier alpha value is -1.16. The fraction of sp³-hybridized carbons (Fsp3) is 0.400. The van der Waals surface area contributed by atoms with Crippen LogP contribution in [0, 0.1) is 11.6 Å². The Morgan fingerprint density at radius 2 is 2.07 bits per heavy atom. The average molecular weight is 202 g/mol. The number of aliphatic hydroxyl groups is 1. The van der Waals surface area contributed by atoms with Gasteiger partial charge in [-0.1, -0.05) is 0 Å². The van der Waals surface area contributed by atoms with Gasteiger partial charge in [-0.25, -0.2) is 4.39 Å². The van der Waals surface area contributed by atoms with Crippen molar-refractivity contribution >= 4 is 0 Å². The molecular formula is C10H12F2O2. The quantitative estimate of drug-likeness (QED) is 0.815. The van der Waals surface area contributed by atoms with Crippen molar-refractivity contribution in [3.63, 3.8) is 0 Å². The van der Waals surface area contributed by atoms with E-state index in [0.29, 0.717) is 5.56 Å². The fourth-order valence-electron chi connectivity index (χ4n) is 1.09. The van der Waals surface area contributed by atoms with E-state index >= 15 is 0 Å². The van der Waals surface area contributed by atoms with E-state index in [1.165, 1.54) is 13.0 Å². The number of hydrogen-bond acceptors (Lipinski definition) is 2. The summed E-state index contributed by atoms with van der Waals surface area (Å²) in [5.74, 6) is -2.19. The first-order valence-corrected chi connectivity index (χ1v) is 4.36. The highest BCUT2D eigenvalue weighted by atomic mass is 19.2. The Labute approximate surface area is 81.1 Å². The number of halogens is 2. The smallest absolute Gasteiger partial charge is 0.200 e. The highest BCUT2D eigenvalue weighted by Crippen LogP contribution is 2.25. The van der Waals surface area contributed by atoms with E-state index in [0.717, 1.165) is 6.07 Å². The van der Waals surface area contributed by atoms with Crippen molar-refractivity contribution in [1.29, 1.82) is 0 Å². The highest BCUT2D eigenvalue weighted by molar-refractivity contribution is 5.32. The van der Waals surface area contributed by atoms with Crippen molar-refractivity contribution in [2.75, 3.05) is 6.61 Å². The van der Waals surface area contributed by atoms with Crippen LogP contribution in [0.15, 0.2) is 12.1 Å². The van der Waals surface area contributed by atoms with Gasteiger partial charge in [-0.15, -0.1) is 0 Å². The molecule has 4 heteroatoms. The van der Waals surface area contributed by atoms with E-state index in [9.17, 15) is 13.9 Å². The molecule has 14 heavy (non-hydrogen) atoms. The summed E-state index contributed by atoms with van der Waals surface area (Å²) in [4.78, 5) is 0. The molecule has 1 aromatic rings. The van der Waals surface area contributed by atoms with Crippen LogP contribution >= 0.6 is 0 Å². The van der Waals surface area contributed by atoms with Gasteiger partial charge < -0.3 is 9.84 Å². The van der Waals surface area contributed by atoms with Gasteiger partial charge in [-0.05, 0) is 31.5 Å². The van der Waals surface area contributed by atoms with Gasteiger partial charge in [-0.2, -0.15) is 4.39 Å². The van der Waals surface area contributed by atoms with E-state index in [-0.39, 0.29) is 12.4 Å². The molecule has 0 radical (unpaired) electrons. The third-order valence-electron chi connectivity index (χ3n) is 1.80. The summed E-state index contributed by atoms with van der Waals surface area (Å²) in [6, 6.07) is 2.26. The van der Waals surface area contributed by atoms with Crippen LogP contribution in [0.2, 0.25) is 0 Å². The SMILES string of the molecule is CCOc1cc([C@H](C)O)cc(F)c1F. The third-order valence-corrected chi connectivity index (χ3v) is 1.80. The van der Waals surface area contributed by atoms with E-state index in [1.54, 1.807) is 6.92 Å². The summed E-state index contributed by atoms with van der Waals surface area (Å²) in [6.45, 7) is 3.40. The molecule has 1 N–H and O–H groups in total. The standard InChI is InChI=1S/C10H12F2O2/c1-3-14-9-5-7(6(2)13)4-8(11)10(9)12/h4-6,13H,3H2,1-2H3/t6-/m0/s1. The van der Waals surface area contributed by atoms with Crippen LogP contribution in [0.3, 0.4) is 0 Å². The maximum absolute atomic E-state index is 13.1. The summed E-state index contributed by atoms with van der Waals surface area (Å²) in [5, 5.41) is 9.19. The Morgan fingerprint density at radius 1 is 1.43 bits per heavy atom. The van der Waals surface area contributed by atoms with Gasteiger partial charge in [0, 0.05) is 0 Å². The second kappa shape index (κ2) is 4.37. The zero-order valence-electron chi connectivity index (χ0n) is 8.05. The lowest BCUT2D eigenvalue weighted by atomic mass is 10.1. The van der Waals surface area contributed by atoms with Crippen molar-refractivity contribution in [3.05, 3.63) is 29.3 Å². The second-order valence-corrected chi connectivity index (χ2v) is 2.92. The molecule has 1 aromatic carbocycles. The first-order valence-electron chi connectivity index (χ1n) is 4.36. The van der Waals surface area contributed by atoms with Crippen LogP contribution in [0.1, 0.15) is 25.5 Å². The largest absolute Gasteiger partial charge is 0.491 e. The van der Waals surface area contributed by atoms with Crippen molar-refractivity contribution in [2.24, 2.45) is 0 Å². The monoisotopic (exact) mass is 202 g/mol. The zero-order valence-corrected chi connectivity index (χ0v) is 8.05. The van der Waals surface area contributed by atoms with Gasteiger partial charge in [0.2, 0.25) is 5.82 Å². The Bertz CT molecular complexity index is 324. The first kappa shape index (κ1) is 10.9. The van der Waals surface area contributed by atoms with Gasteiger partial charge in [0.05, 0.1) is 12.7 Å². The summed E-state index contributed by atoms with van der Waals surface area (Å²) < 4.78 is 30.9. The molecule has 0 aliphatic carbocycles. The predicted molar refractivity (Wildman–Crippen MR) is 48.2 cm³/mol. The predicted octanol–water partition coefficient (Wildman–Crippen LogP) is 2.42. The van der Waals surface area contributed by atoms with E-state index in [1.807, 2.05) is 0 Å². The molecule has 78 valence electrons. The molecule has 0 fully saturated rings. The van der Waals surface area contributed by atoms with Crippen LogP contribution in [0.5, 0.6) is 5.75 Å². The Kier molecular flexibility index (Phi) is 3.41. The van der Waals surface area contributed by atoms with Gasteiger partial charge >= 0.3 is 0 Å². The summed E-state index contributed by atoms with van der Waals surface area (Å²) in [6.07, 6.45) is -0.843. The minimum absolute atomic E-state index is 0.164. The summed E-state index contributed by atoms with van der Waals surface area (Å²) in [5.41, 5.74) is 0.298. The summed E-state index contributed by atoms with van der Waals surface area (Å²) >= 11 is 0. The lowest BCUT2D eigenvalue weighted by molar-refractivity contribution is 0.197. The minimum Gasteiger partial charge on any atom is -0.491 e. The van der Waals surface area contributed by atoms with Gasteiger partial charge in [0.1, 0.15) is 0 Å². The highest BCUT2D eigenvalue weighted by Gasteiger charge is 2.13. The van der Waals surface area contributed by atoms with Crippen molar-refractivity contribution in [1.82, 2.24) is 0 Å². The molecule has 0 saturated heterocycles. The first-order chi connectivity index (χ1) is 6.56. The number of rotatable bonds is 3. The number of hydrogen-bond donors (Lipinski definition) is 1. The number of aliphatic hydroxyl groups excluding tert-OH is 1. The lowest BCUT2D eigenvalue weighted by Gasteiger charge is -2.10. The number of ether oxygens (including phenoxy) is 1. The number of benzene rings is 1. The maximum atomic E-state index is 13.1. The lowest BCUT2D eigenvalue weighted by Crippen LogP contribution is -2.00. The maximum Gasteiger partial charge on any atom is 0.200 e. The molecule has 0 unspecified atom stereocenters. The Balaban J connectivity index is 3.14. The topological polar surface area (TPSA) is 29.5 Å². The minimum atomic E-state index is -1.02. The fourth-order valence-corrected chi connectivity index (χ4v) is 1.09. The van der Waals surface area contributed by atoms with Crippen LogP contribution in [0.4, 0.5) is 8.78 Å². The van der Waals surface area contributed by atoms with Crippen LogP contribution in [0.25, 0.3) is 0 Å². The molecule has 0 bridgehead atoms. The molecule has 0 aromatic heterocycles. The van der Waals surface area contributed by atoms with Crippen LogP contribution in [-0.2, 0) is 0 Å². The van der Waals surface area contributed by atoms with E-state index in [4.69, 9.17) is 4.74 Å².